The molecule has 114 valence electrons. The lowest BCUT2D eigenvalue weighted by atomic mass is 9.97. The van der Waals surface area contributed by atoms with E-state index in [1.807, 2.05) is 25.1 Å². The molecule has 2 atom stereocenters. The summed E-state index contributed by atoms with van der Waals surface area (Å²) in [5.74, 6) is -0.393. The van der Waals surface area contributed by atoms with Crippen LogP contribution in [-0.2, 0) is 9.59 Å². The lowest BCUT2D eigenvalue weighted by Gasteiger charge is -2.27. The smallest absolute Gasteiger partial charge is 0.279 e. The van der Waals surface area contributed by atoms with Crippen molar-refractivity contribution in [3.63, 3.8) is 0 Å². The van der Waals surface area contributed by atoms with Crippen LogP contribution in [0, 0.1) is 12.8 Å². The summed E-state index contributed by atoms with van der Waals surface area (Å²) < 4.78 is 0.972. The number of nitrogens with two attached hydrogens (primary N) is 1. The van der Waals surface area contributed by atoms with Crippen molar-refractivity contribution in [1.29, 1.82) is 0 Å². The van der Waals surface area contributed by atoms with E-state index >= 15 is 0 Å². The molecule has 2 rings (SSSR count). The van der Waals surface area contributed by atoms with Gasteiger partial charge in [-0.2, -0.15) is 0 Å². The molecule has 21 heavy (non-hydrogen) atoms. The molecule has 1 fully saturated rings. The number of benzene rings is 1. The number of hydrogen-bond donors (Lipinski definition) is 3. The molecule has 6 heteroatoms. The van der Waals surface area contributed by atoms with Crippen molar-refractivity contribution in [2.45, 2.75) is 19.8 Å². The van der Waals surface area contributed by atoms with E-state index in [0.29, 0.717) is 13.1 Å². The first kappa shape index (κ1) is 16.0. The predicted molar refractivity (Wildman–Crippen MR) is 85.0 cm³/mol. The van der Waals surface area contributed by atoms with Gasteiger partial charge in [0.2, 0.25) is 5.91 Å². The van der Waals surface area contributed by atoms with E-state index in [1.54, 1.807) is 0 Å². The highest BCUT2D eigenvalue weighted by atomic mass is 79.9. The minimum absolute atomic E-state index is 0.0362. The number of likely N-dealkylation sites (tertiary alicyclic amines) is 1. The highest BCUT2D eigenvalue weighted by Gasteiger charge is 2.28. The molecule has 1 aliphatic rings. The zero-order valence-corrected chi connectivity index (χ0v) is 13.7. The molecule has 2 amide bonds. The van der Waals surface area contributed by atoms with Crippen LogP contribution in [-0.4, -0.2) is 31.4 Å². The van der Waals surface area contributed by atoms with Crippen LogP contribution in [0.1, 0.15) is 18.4 Å². The van der Waals surface area contributed by atoms with Gasteiger partial charge in [-0.1, -0.05) is 22.0 Å². The van der Waals surface area contributed by atoms with E-state index in [4.69, 9.17) is 5.73 Å². The van der Waals surface area contributed by atoms with Crippen LogP contribution in [0.25, 0.3) is 0 Å². The second-order valence-corrected chi connectivity index (χ2v) is 6.49. The molecule has 0 aromatic heterocycles. The van der Waals surface area contributed by atoms with E-state index in [9.17, 15) is 9.59 Å². The summed E-state index contributed by atoms with van der Waals surface area (Å²) in [7, 11) is 0. The molecule has 1 aromatic rings. The molecule has 0 spiro atoms. The second kappa shape index (κ2) is 7.04. The molecule has 0 bridgehead atoms. The summed E-state index contributed by atoms with van der Waals surface area (Å²) in [5, 5.41) is 2.90. The van der Waals surface area contributed by atoms with E-state index in [2.05, 4.69) is 21.2 Å². The Kier molecular flexibility index (Phi) is 5.36. The quantitative estimate of drug-likeness (QED) is 0.735. The summed E-state index contributed by atoms with van der Waals surface area (Å²) in [6.07, 6.45) is 1.78. The highest BCUT2D eigenvalue weighted by molar-refractivity contribution is 9.10. The molecule has 0 saturated carbocycles. The van der Waals surface area contributed by atoms with Crippen molar-refractivity contribution in [2.24, 2.45) is 11.7 Å². The first-order valence-electron chi connectivity index (χ1n) is 7.14. The number of aryl methyl sites for hydroxylation is 1. The lowest BCUT2D eigenvalue weighted by molar-refractivity contribution is -0.899. The average molecular weight is 355 g/mol. The Morgan fingerprint density at radius 3 is 2.90 bits per heavy atom. The molecule has 0 radical (unpaired) electrons. The third-order valence-electron chi connectivity index (χ3n) is 3.89. The molecule has 1 saturated heterocycles. The fraction of sp³-hybridized carbons (Fsp3) is 0.467. The Morgan fingerprint density at radius 2 is 2.24 bits per heavy atom. The standard InChI is InChI=1S/C15H20BrN3O2/c1-10-4-5-12(7-13(10)16)18-14(20)9-19-6-2-3-11(8-19)15(17)21/h4-5,7,11H,2-3,6,8-9H2,1H3,(H2,17,21)(H,18,20)/p+1/t11-/m0/s1. The SMILES string of the molecule is Cc1ccc(NC(=O)C[NH+]2CCC[C@H](C(N)=O)C2)cc1Br. The van der Waals surface area contributed by atoms with Gasteiger partial charge in [-0.3, -0.25) is 9.59 Å². The van der Waals surface area contributed by atoms with Gasteiger partial charge in [0.25, 0.3) is 5.91 Å². The Labute approximate surface area is 133 Å². The summed E-state index contributed by atoms with van der Waals surface area (Å²) in [6, 6.07) is 5.73. The molecule has 5 nitrogen and oxygen atoms in total. The van der Waals surface area contributed by atoms with Gasteiger partial charge < -0.3 is 16.0 Å². The zero-order valence-electron chi connectivity index (χ0n) is 12.1. The summed E-state index contributed by atoms with van der Waals surface area (Å²) in [6.45, 7) is 3.93. The number of carbonyl (C=O) groups is 2. The number of hydrogen-bond acceptors (Lipinski definition) is 2. The van der Waals surface area contributed by atoms with Gasteiger partial charge in [-0.25, -0.2) is 0 Å². The van der Waals surface area contributed by atoms with Crippen LogP contribution in [0.2, 0.25) is 0 Å². The van der Waals surface area contributed by atoms with E-state index in [0.717, 1.165) is 40.0 Å². The molecular weight excluding hydrogens is 334 g/mol. The molecular formula is C15H21BrN3O2+. The number of carbonyl (C=O) groups excluding carboxylic acids is 2. The van der Waals surface area contributed by atoms with Crippen molar-refractivity contribution >= 4 is 33.4 Å². The Hall–Kier alpha value is -1.40. The summed E-state index contributed by atoms with van der Waals surface area (Å²) in [4.78, 5) is 24.5. The summed E-state index contributed by atoms with van der Waals surface area (Å²) in [5.41, 5.74) is 7.26. The number of halogens is 1. The molecule has 4 N–H and O–H groups in total. The van der Waals surface area contributed by atoms with Crippen molar-refractivity contribution < 1.29 is 14.5 Å². The van der Waals surface area contributed by atoms with Crippen LogP contribution in [0.4, 0.5) is 5.69 Å². The number of nitrogens with one attached hydrogen (secondary N) is 2. The van der Waals surface area contributed by atoms with E-state index < -0.39 is 0 Å². The average Bonchev–Trinajstić information content (AvgIpc) is 2.43. The van der Waals surface area contributed by atoms with Crippen molar-refractivity contribution in [1.82, 2.24) is 0 Å². The fourth-order valence-electron chi connectivity index (χ4n) is 2.66. The van der Waals surface area contributed by atoms with Gasteiger partial charge in [0.1, 0.15) is 0 Å². The zero-order chi connectivity index (χ0) is 15.4. The lowest BCUT2D eigenvalue weighted by Crippen LogP contribution is -3.14. The normalized spacial score (nSPS) is 21.8. The first-order chi connectivity index (χ1) is 9.95. The topological polar surface area (TPSA) is 76.6 Å². The van der Waals surface area contributed by atoms with Crippen molar-refractivity contribution in [3.8, 4) is 0 Å². The number of piperidine rings is 1. The van der Waals surface area contributed by atoms with Gasteiger partial charge >= 0.3 is 0 Å². The van der Waals surface area contributed by atoms with Gasteiger partial charge in [0.15, 0.2) is 6.54 Å². The van der Waals surface area contributed by atoms with E-state index in [1.165, 1.54) is 0 Å². The van der Waals surface area contributed by atoms with Crippen LogP contribution in [0.15, 0.2) is 22.7 Å². The maximum atomic E-state index is 12.1. The van der Waals surface area contributed by atoms with Crippen molar-refractivity contribution in [3.05, 3.63) is 28.2 Å². The molecule has 1 heterocycles. The van der Waals surface area contributed by atoms with Crippen molar-refractivity contribution in [2.75, 3.05) is 25.0 Å². The molecule has 1 aromatic carbocycles. The minimum atomic E-state index is -0.255. The highest BCUT2D eigenvalue weighted by Crippen LogP contribution is 2.20. The number of rotatable bonds is 4. The monoisotopic (exact) mass is 354 g/mol. The van der Waals surface area contributed by atoms with Gasteiger partial charge in [0.05, 0.1) is 19.0 Å². The number of primary amides is 1. The van der Waals surface area contributed by atoms with Crippen LogP contribution < -0.4 is 16.0 Å². The van der Waals surface area contributed by atoms with Crippen LogP contribution >= 0.6 is 15.9 Å². The van der Waals surface area contributed by atoms with Crippen LogP contribution in [0.3, 0.4) is 0 Å². The van der Waals surface area contributed by atoms with Crippen LogP contribution in [0.5, 0.6) is 0 Å². The number of anilines is 1. The fourth-order valence-corrected chi connectivity index (χ4v) is 3.04. The Balaban J connectivity index is 1.89. The van der Waals surface area contributed by atoms with Gasteiger partial charge in [-0.15, -0.1) is 0 Å². The molecule has 0 aliphatic carbocycles. The largest absolute Gasteiger partial charge is 0.369 e. The molecule has 1 aliphatic heterocycles. The third kappa shape index (κ3) is 4.54. The van der Waals surface area contributed by atoms with E-state index in [-0.39, 0.29) is 17.7 Å². The maximum Gasteiger partial charge on any atom is 0.279 e. The molecule has 1 unspecified atom stereocenters. The minimum Gasteiger partial charge on any atom is -0.369 e. The number of amides is 2. The maximum absolute atomic E-state index is 12.1. The number of quaternary nitrogens is 1. The Morgan fingerprint density at radius 1 is 1.48 bits per heavy atom. The third-order valence-corrected chi connectivity index (χ3v) is 4.74. The van der Waals surface area contributed by atoms with Gasteiger partial charge in [0, 0.05) is 10.2 Å². The summed E-state index contributed by atoms with van der Waals surface area (Å²) >= 11 is 3.45. The predicted octanol–water partition coefficient (Wildman–Crippen LogP) is 0.476. The first-order valence-corrected chi connectivity index (χ1v) is 7.94. The Bertz CT molecular complexity index is 548. The van der Waals surface area contributed by atoms with Gasteiger partial charge in [-0.05, 0) is 37.5 Å². The second-order valence-electron chi connectivity index (χ2n) is 5.63.